The summed E-state index contributed by atoms with van der Waals surface area (Å²) in [5.41, 5.74) is 2.94. The molecule has 7 nitrogen and oxygen atoms in total. The van der Waals surface area contributed by atoms with Crippen LogP contribution in [0.15, 0.2) is 48.9 Å². The molecule has 0 aliphatic heterocycles. The van der Waals surface area contributed by atoms with Gasteiger partial charge >= 0.3 is 6.09 Å². The minimum Gasteiger partial charge on any atom is -0.453 e. The Kier molecular flexibility index (Phi) is 4.60. The van der Waals surface area contributed by atoms with E-state index in [1.54, 1.807) is 13.2 Å². The topological polar surface area (TPSA) is 71.8 Å². The number of rotatable bonds is 5. The molecular weight excluding hydrogens is 306 g/mol. The highest BCUT2D eigenvalue weighted by Gasteiger charge is 2.08. The van der Waals surface area contributed by atoms with Crippen molar-refractivity contribution in [3.63, 3.8) is 0 Å². The number of aromatic nitrogens is 3. The monoisotopic (exact) mass is 325 g/mol. The fraction of sp³-hybridized carbons (Fsp3) is 0.235. The molecule has 0 radical (unpaired) electrons. The van der Waals surface area contributed by atoms with Crippen LogP contribution < -0.4 is 5.32 Å². The summed E-state index contributed by atoms with van der Waals surface area (Å²) < 4.78 is 6.57. The van der Waals surface area contributed by atoms with Gasteiger partial charge in [0.15, 0.2) is 0 Å². The molecule has 0 unspecified atom stereocenters. The van der Waals surface area contributed by atoms with Gasteiger partial charge in [0.05, 0.1) is 19.3 Å². The van der Waals surface area contributed by atoms with Crippen molar-refractivity contribution in [3.8, 4) is 0 Å². The molecule has 0 saturated heterocycles. The molecule has 124 valence electrons. The number of hydrogen-bond acceptors (Lipinski definition) is 5. The van der Waals surface area contributed by atoms with Gasteiger partial charge < -0.3 is 15.0 Å². The Morgan fingerprint density at radius 1 is 1.33 bits per heavy atom. The lowest BCUT2D eigenvalue weighted by atomic mass is 10.2. The molecule has 7 heteroatoms. The van der Waals surface area contributed by atoms with Crippen LogP contribution in [0.1, 0.15) is 11.3 Å². The van der Waals surface area contributed by atoms with Crippen molar-refractivity contribution in [2.24, 2.45) is 0 Å². The molecule has 3 aromatic rings. The number of benzene rings is 1. The summed E-state index contributed by atoms with van der Waals surface area (Å²) in [5, 5.41) is 3.33. The zero-order chi connectivity index (χ0) is 16.9. The Balaban J connectivity index is 1.58. The zero-order valence-electron chi connectivity index (χ0n) is 13.6. The molecule has 1 N–H and O–H groups in total. The average Bonchev–Trinajstić information content (AvgIpc) is 3.03. The van der Waals surface area contributed by atoms with E-state index >= 15 is 0 Å². The van der Waals surface area contributed by atoms with Gasteiger partial charge in [0.25, 0.3) is 0 Å². The van der Waals surface area contributed by atoms with Crippen LogP contribution in [-0.2, 0) is 17.8 Å². The lowest BCUT2D eigenvalue weighted by Gasteiger charge is -2.15. The van der Waals surface area contributed by atoms with Crippen LogP contribution in [0.4, 0.5) is 10.5 Å². The molecule has 1 aromatic carbocycles. The number of anilines is 1. The number of nitrogens with one attached hydrogen (secondary N) is 1. The maximum atomic E-state index is 11.4. The molecule has 3 rings (SSSR count). The fourth-order valence-electron chi connectivity index (χ4n) is 2.38. The number of imidazole rings is 1. The van der Waals surface area contributed by atoms with Crippen LogP contribution in [-0.4, -0.2) is 39.5 Å². The number of ether oxygens (including phenoxy) is 1. The quantitative estimate of drug-likeness (QED) is 0.780. The number of methoxy groups -OCH3 is 1. The highest BCUT2D eigenvalue weighted by Crippen LogP contribution is 2.13. The van der Waals surface area contributed by atoms with Crippen molar-refractivity contribution in [1.29, 1.82) is 0 Å². The minimum absolute atomic E-state index is 0.349. The maximum absolute atomic E-state index is 11.4. The van der Waals surface area contributed by atoms with Crippen molar-refractivity contribution in [2.75, 3.05) is 19.5 Å². The molecule has 0 spiro atoms. The third kappa shape index (κ3) is 3.62. The van der Waals surface area contributed by atoms with E-state index in [1.165, 1.54) is 12.0 Å². The number of carbonyl (C=O) groups excluding carboxylic acids is 1. The van der Waals surface area contributed by atoms with E-state index in [4.69, 9.17) is 0 Å². The van der Waals surface area contributed by atoms with Crippen molar-refractivity contribution in [1.82, 2.24) is 19.3 Å². The minimum atomic E-state index is -0.349. The first-order chi connectivity index (χ1) is 11.7. The van der Waals surface area contributed by atoms with Crippen LogP contribution in [0, 0.1) is 0 Å². The van der Waals surface area contributed by atoms with Crippen molar-refractivity contribution in [2.45, 2.75) is 13.1 Å². The van der Waals surface area contributed by atoms with Gasteiger partial charge in [0.1, 0.15) is 0 Å². The van der Waals surface area contributed by atoms with Gasteiger partial charge in [0.2, 0.25) is 5.78 Å². The third-order valence-electron chi connectivity index (χ3n) is 3.62. The summed E-state index contributed by atoms with van der Waals surface area (Å²) in [6, 6.07) is 9.79. The van der Waals surface area contributed by atoms with Gasteiger partial charge in [-0.05, 0) is 23.8 Å². The Morgan fingerprint density at radius 3 is 2.83 bits per heavy atom. The second-order valence-corrected chi connectivity index (χ2v) is 5.44. The summed E-state index contributed by atoms with van der Waals surface area (Å²) in [7, 11) is 3.08. The van der Waals surface area contributed by atoms with Gasteiger partial charge in [-0.2, -0.15) is 0 Å². The third-order valence-corrected chi connectivity index (χ3v) is 3.62. The largest absolute Gasteiger partial charge is 0.453 e. The van der Waals surface area contributed by atoms with E-state index in [1.807, 2.05) is 47.1 Å². The SMILES string of the molecule is COC(=O)N(C)Cc1ccc(NCc2cn3cccnc3n2)cc1. The molecule has 0 bridgehead atoms. The Bertz CT molecular complexity index is 795. The van der Waals surface area contributed by atoms with Crippen molar-refractivity contribution < 1.29 is 9.53 Å². The van der Waals surface area contributed by atoms with Crippen LogP contribution in [0.25, 0.3) is 5.78 Å². The first kappa shape index (κ1) is 15.8. The number of carbonyl (C=O) groups is 1. The normalized spacial score (nSPS) is 10.6. The predicted molar refractivity (Wildman–Crippen MR) is 90.6 cm³/mol. The van der Waals surface area contributed by atoms with Gasteiger partial charge in [-0.15, -0.1) is 0 Å². The fourth-order valence-corrected chi connectivity index (χ4v) is 2.38. The summed E-state index contributed by atoms with van der Waals surface area (Å²) in [6.07, 6.45) is 5.25. The van der Waals surface area contributed by atoms with E-state index in [0.717, 1.165) is 16.9 Å². The second kappa shape index (κ2) is 6.99. The van der Waals surface area contributed by atoms with Gasteiger partial charge in [0, 0.05) is 37.9 Å². The van der Waals surface area contributed by atoms with Crippen molar-refractivity contribution >= 4 is 17.6 Å². The molecule has 0 aliphatic rings. The number of hydrogen-bond donors (Lipinski definition) is 1. The molecule has 0 aliphatic carbocycles. The summed E-state index contributed by atoms with van der Waals surface area (Å²) in [5.74, 6) is 0.690. The smallest absolute Gasteiger partial charge is 0.409 e. The summed E-state index contributed by atoms with van der Waals surface area (Å²) in [6.45, 7) is 1.12. The van der Waals surface area contributed by atoms with Crippen LogP contribution in [0.3, 0.4) is 0 Å². The van der Waals surface area contributed by atoms with E-state index in [0.29, 0.717) is 18.9 Å². The molecule has 0 fully saturated rings. The molecule has 2 heterocycles. The Hall–Kier alpha value is -3.09. The van der Waals surface area contributed by atoms with E-state index in [9.17, 15) is 4.79 Å². The summed E-state index contributed by atoms with van der Waals surface area (Å²) in [4.78, 5) is 21.6. The van der Waals surface area contributed by atoms with Gasteiger partial charge in [-0.25, -0.2) is 14.8 Å². The Labute approximate surface area is 139 Å². The average molecular weight is 325 g/mol. The first-order valence-corrected chi connectivity index (χ1v) is 7.56. The standard InChI is InChI=1S/C17H19N5O2/c1-21(17(23)24-2)11-13-4-6-14(7-5-13)19-10-15-12-22-9-3-8-18-16(22)20-15/h3-9,12,19H,10-11H2,1-2H3. The molecular formula is C17H19N5O2. The lowest BCUT2D eigenvalue weighted by Crippen LogP contribution is -2.25. The highest BCUT2D eigenvalue weighted by atomic mass is 16.5. The first-order valence-electron chi connectivity index (χ1n) is 7.56. The second-order valence-electron chi connectivity index (χ2n) is 5.44. The van der Waals surface area contributed by atoms with Crippen LogP contribution in [0.2, 0.25) is 0 Å². The molecule has 1 amide bonds. The van der Waals surface area contributed by atoms with Gasteiger partial charge in [-0.1, -0.05) is 12.1 Å². The predicted octanol–water partition coefficient (Wildman–Crippen LogP) is 2.54. The zero-order valence-corrected chi connectivity index (χ0v) is 13.6. The van der Waals surface area contributed by atoms with Crippen molar-refractivity contribution in [3.05, 3.63) is 60.2 Å². The molecule has 0 atom stereocenters. The summed E-state index contributed by atoms with van der Waals surface area (Å²) >= 11 is 0. The van der Waals surface area contributed by atoms with Crippen LogP contribution in [0.5, 0.6) is 0 Å². The molecule has 24 heavy (non-hydrogen) atoms. The van der Waals surface area contributed by atoms with E-state index in [-0.39, 0.29) is 6.09 Å². The number of fused-ring (bicyclic) bond motifs is 1. The van der Waals surface area contributed by atoms with E-state index < -0.39 is 0 Å². The maximum Gasteiger partial charge on any atom is 0.409 e. The van der Waals surface area contributed by atoms with E-state index in [2.05, 4.69) is 20.0 Å². The number of amides is 1. The highest BCUT2D eigenvalue weighted by molar-refractivity contribution is 5.67. The lowest BCUT2D eigenvalue weighted by molar-refractivity contribution is 0.131. The molecule has 0 saturated carbocycles. The van der Waals surface area contributed by atoms with Crippen LogP contribution >= 0.6 is 0 Å². The van der Waals surface area contributed by atoms with Gasteiger partial charge in [-0.3, -0.25) is 4.40 Å². The number of nitrogens with zero attached hydrogens (tertiary/aromatic N) is 4. The molecule has 2 aromatic heterocycles. The Morgan fingerprint density at radius 2 is 2.12 bits per heavy atom.